The number of aromatic carboxylic acids is 1. The predicted molar refractivity (Wildman–Crippen MR) is 75.6 cm³/mol. The number of carbonyl (C=O) groups excluding carboxylic acids is 1. The van der Waals surface area contributed by atoms with E-state index in [9.17, 15) is 9.59 Å². The van der Waals surface area contributed by atoms with E-state index in [1.54, 1.807) is 6.07 Å². The monoisotopic (exact) mass is 310 g/mol. The standard InChI is InChI=1S/C13H8Cl2N2O3/c14-9-4-5-10(15)17-11(9)12(18)16-8-3-1-2-7(6-8)13(19)20/h1-6H,(H,16,18)(H,19,20). The van der Waals surface area contributed by atoms with Gasteiger partial charge < -0.3 is 10.4 Å². The second-order valence-corrected chi connectivity index (χ2v) is 4.60. The third kappa shape index (κ3) is 3.26. The van der Waals surface area contributed by atoms with Gasteiger partial charge in [0.2, 0.25) is 0 Å². The Balaban J connectivity index is 2.25. The molecule has 2 rings (SSSR count). The van der Waals surface area contributed by atoms with Gasteiger partial charge in [-0.15, -0.1) is 0 Å². The van der Waals surface area contributed by atoms with E-state index in [0.29, 0.717) is 5.69 Å². The molecule has 20 heavy (non-hydrogen) atoms. The summed E-state index contributed by atoms with van der Waals surface area (Å²) in [6.45, 7) is 0. The first-order chi connectivity index (χ1) is 9.47. The molecule has 0 spiro atoms. The molecule has 5 nitrogen and oxygen atoms in total. The third-order valence-corrected chi connectivity index (χ3v) is 2.91. The van der Waals surface area contributed by atoms with Gasteiger partial charge in [-0.2, -0.15) is 0 Å². The first-order valence-electron chi connectivity index (χ1n) is 5.44. The Hall–Kier alpha value is -2.11. The van der Waals surface area contributed by atoms with Crippen molar-refractivity contribution in [3.63, 3.8) is 0 Å². The van der Waals surface area contributed by atoms with Crippen molar-refractivity contribution in [2.75, 3.05) is 5.32 Å². The number of hydrogen-bond donors (Lipinski definition) is 2. The number of hydrogen-bond acceptors (Lipinski definition) is 3. The SMILES string of the molecule is O=C(O)c1cccc(NC(=O)c2nc(Cl)ccc2Cl)c1. The molecule has 0 unspecified atom stereocenters. The van der Waals surface area contributed by atoms with Crippen molar-refractivity contribution in [3.8, 4) is 0 Å². The number of nitrogens with zero attached hydrogens (tertiary/aromatic N) is 1. The molecule has 0 saturated heterocycles. The number of carboxylic acid groups (broad SMARTS) is 1. The van der Waals surface area contributed by atoms with Crippen LogP contribution in [-0.2, 0) is 0 Å². The van der Waals surface area contributed by atoms with E-state index >= 15 is 0 Å². The summed E-state index contributed by atoms with van der Waals surface area (Å²) in [5.74, 6) is -1.65. The van der Waals surface area contributed by atoms with Crippen LogP contribution in [0.25, 0.3) is 0 Å². The summed E-state index contributed by atoms with van der Waals surface area (Å²) in [6.07, 6.45) is 0. The van der Waals surface area contributed by atoms with Crippen molar-refractivity contribution >= 4 is 40.8 Å². The molecule has 1 aromatic carbocycles. The molecule has 0 aliphatic carbocycles. The molecule has 102 valence electrons. The Morgan fingerprint density at radius 1 is 1.15 bits per heavy atom. The van der Waals surface area contributed by atoms with Crippen LogP contribution in [0.1, 0.15) is 20.8 Å². The fraction of sp³-hybridized carbons (Fsp3) is 0. The lowest BCUT2D eigenvalue weighted by Gasteiger charge is -2.07. The van der Waals surface area contributed by atoms with Crippen molar-refractivity contribution in [2.24, 2.45) is 0 Å². The molecule has 7 heteroatoms. The zero-order valence-corrected chi connectivity index (χ0v) is 11.4. The number of carboxylic acids is 1. The quantitative estimate of drug-likeness (QED) is 0.852. The number of rotatable bonds is 3. The number of pyridine rings is 1. The zero-order valence-electron chi connectivity index (χ0n) is 9.93. The van der Waals surface area contributed by atoms with Gasteiger partial charge >= 0.3 is 5.97 Å². The number of carbonyl (C=O) groups is 2. The van der Waals surface area contributed by atoms with Crippen molar-refractivity contribution < 1.29 is 14.7 Å². The van der Waals surface area contributed by atoms with Crippen LogP contribution in [-0.4, -0.2) is 22.0 Å². The third-order valence-electron chi connectivity index (χ3n) is 2.39. The van der Waals surface area contributed by atoms with E-state index in [2.05, 4.69) is 10.3 Å². The van der Waals surface area contributed by atoms with Gasteiger partial charge in [-0.25, -0.2) is 9.78 Å². The van der Waals surface area contributed by atoms with Gasteiger partial charge in [0.15, 0.2) is 0 Å². The second kappa shape index (κ2) is 5.90. The number of benzene rings is 1. The summed E-state index contributed by atoms with van der Waals surface area (Å²) in [4.78, 5) is 26.7. The van der Waals surface area contributed by atoms with E-state index in [-0.39, 0.29) is 21.4 Å². The van der Waals surface area contributed by atoms with Gasteiger partial charge in [0.25, 0.3) is 5.91 Å². The van der Waals surface area contributed by atoms with E-state index in [4.69, 9.17) is 28.3 Å². The summed E-state index contributed by atoms with van der Waals surface area (Å²) in [5.41, 5.74) is 0.362. The van der Waals surface area contributed by atoms with E-state index in [1.165, 1.54) is 30.3 Å². The van der Waals surface area contributed by atoms with Gasteiger partial charge in [-0.3, -0.25) is 4.79 Å². The highest BCUT2D eigenvalue weighted by Crippen LogP contribution is 2.19. The summed E-state index contributed by atoms with van der Waals surface area (Å²) in [7, 11) is 0. The van der Waals surface area contributed by atoms with Crippen molar-refractivity contribution in [3.05, 3.63) is 57.8 Å². The second-order valence-electron chi connectivity index (χ2n) is 3.80. The Kier molecular flexibility index (Phi) is 4.22. The molecule has 0 atom stereocenters. The molecule has 1 heterocycles. The summed E-state index contributed by atoms with van der Waals surface area (Å²) >= 11 is 11.6. The van der Waals surface area contributed by atoms with Crippen LogP contribution >= 0.6 is 23.2 Å². The fourth-order valence-electron chi connectivity index (χ4n) is 1.50. The average molecular weight is 311 g/mol. The van der Waals surface area contributed by atoms with Crippen molar-refractivity contribution in [1.82, 2.24) is 4.98 Å². The molecule has 1 aromatic heterocycles. The van der Waals surface area contributed by atoms with Gasteiger partial charge in [0.05, 0.1) is 10.6 Å². The molecule has 0 bridgehead atoms. The summed E-state index contributed by atoms with van der Waals surface area (Å²) in [5, 5.41) is 11.7. The molecule has 2 N–H and O–H groups in total. The lowest BCUT2D eigenvalue weighted by molar-refractivity contribution is 0.0696. The topological polar surface area (TPSA) is 79.3 Å². The highest BCUT2D eigenvalue weighted by Gasteiger charge is 2.14. The molecule has 0 aliphatic heterocycles. The summed E-state index contributed by atoms with van der Waals surface area (Å²) < 4.78 is 0. The zero-order chi connectivity index (χ0) is 14.7. The fourth-order valence-corrected chi connectivity index (χ4v) is 1.84. The highest BCUT2D eigenvalue weighted by atomic mass is 35.5. The molecular weight excluding hydrogens is 303 g/mol. The van der Waals surface area contributed by atoms with Crippen LogP contribution in [0.3, 0.4) is 0 Å². The molecule has 2 aromatic rings. The van der Waals surface area contributed by atoms with E-state index in [0.717, 1.165) is 0 Å². The number of anilines is 1. The highest BCUT2D eigenvalue weighted by molar-refractivity contribution is 6.35. The minimum Gasteiger partial charge on any atom is -0.478 e. The van der Waals surface area contributed by atoms with Crippen LogP contribution < -0.4 is 5.32 Å². The predicted octanol–water partition coefficient (Wildman–Crippen LogP) is 3.34. The van der Waals surface area contributed by atoms with E-state index < -0.39 is 11.9 Å². The lowest BCUT2D eigenvalue weighted by Crippen LogP contribution is -2.14. The van der Waals surface area contributed by atoms with Crippen LogP contribution in [0.2, 0.25) is 10.2 Å². The lowest BCUT2D eigenvalue weighted by atomic mass is 10.2. The van der Waals surface area contributed by atoms with Gasteiger partial charge in [0, 0.05) is 5.69 Å². The number of aromatic nitrogens is 1. The Morgan fingerprint density at radius 3 is 2.60 bits per heavy atom. The molecule has 0 aliphatic rings. The first-order valence-corrected chi connectivity index (χ1v) is 6.20. The minimum absolute atomic E-state index is 0.0279. The molecule has 0 radical (unpaired) electrons. The Labute approximate surface area is 124 Å². The minimum atomic E-state index is -1.08. The number of amides is 1. The Morgan fingerprint density at radius 2 is 1.90 bits per heavy atom. The average Bonchev–Trinajstić information content (AvgIpc) is 2.41. The smallest absolute Gasteiger partial charge is 0.335 e. The van der Waals surface area contributed by atoms with E-state index in [1.807, 2.05) is 0 Å². The van der Waals surface area contributed by atoms with Gasteiger partial charge in [-0.05, 0) is 30.3 Å². The molecular formula is C13H8Cl2N2O3. The van der Waals surface area contributed by atoms with Gasteiger partial charge in [0.1, 0.15) is 10.8 Å². The van der Waals surface area contributed by atoms with Crippen LogP contribution in [0, 0.1) is 0 Å². The summed E-state index contributed by atoms with van der Waals surface area (Å²) in [6, 6.07) is 8.75. The number of nitrogens with one attached hydrogen (secondary N) is 1. The van der Waals surface area contributed by atoms with Crippen LogP contribution in [0.15, 0.2) is 36.4 Å². The maximum Gasteiger partial charge on any atom is 0.335 e. The molecule has 0 saturated carbocycles. The Bertz CT molecular complexity index is 689. The van der Waals surface area contributed by atoms with Gasteiger partial charge in [-0.1, -0.05) is 29.3 Å². The first kappa shape index (κ1) is 14.3. The largest absolute Gasteiger partial charge is 0.478 e. The maximum absolute atomic E-state index is 12.0. The maximum atomic E-state index is 12.0. The van der Waals surface area contributed by atoms with Crippen molar-refractivity contribution in [2.45, 2.75) is 0 Å². The number of halogens is 2. The molecule has 0 fully saturated rings. The van der Waals surface area contributed by atoms with Crippen LogP contribution in [0.5, 0.6) is 0 Å². The van der Waals surface area contributed by atoms with Crippen LogP contribution in [0.4, 0.5) is 5.69 Å². The van der Waals surface area contributed by atoms with Crippen molar-refractivity contribution in [1.29, 1.82) is 0 Å². The molecule has 1 amide bonds. The normalized spacial score (nSPS) is 10.1.